The Morgan fingerprint density at radius 1 is 1.00 bits per heavy atom. The maximum atomic E-state index is 12.7. The minimum absolute atomic E-state index is 0.316. The highest BCUT2D eigenvalue weighted by Gasteiger charge is 2.29. The average molecular weight is 335 g/mol. The van der Waals surface area contributed by atoms with Gasteiger partial charge in [-0.25, -0.2) is 4.39 Å². The smallest absolute Gasteiger partial charge is 0.345 e. The standard InChI is InChI=1S/C18H13F4NO/c19-16-8-3-14(4-9-16)11-12-23-17(24)10-5-13-1-6-15(7-2-13)18(20,21)22/h1-4,6-9H,11-12H2,(H,23,24). The molecule has 0 aliphatic rings. The van der Waals surface area contributed by atoms with Gasteiger partial charge in [-0.1, -0.05) is 18.1 Å². The molecule has 2 rings (SSSR count). The Kier molecular flexibility index (Phi) is 5.59. The SMILES string of the molecule is O=C(C#Cc1ccc(C(F)(F)F)cc1)NCCc1ccc(F)cc1. The fourth-order valence-electron chi connectivity index (χ4n) is 1.89. The highest BCUT2D eigenvalue weighted by atomic mass is 19.4. The summed E-state index contributed by atoms with van der Waals surface area (Å²) in [7, 11) is 0. The molecule has 2 aromatic carbocycles. The van der Waals surface area contributed by atoms with Crippen LogP contribution in [0.4, 0.5) is 17.6 Å². The van der Waals surface area contributed by atoms with Gasteiger partial charge in [0.05, 0.1) is 5.56 Å². The van der Waals surface area contributed by atoms with E-state index in [0.29, 0.717) is 18.5 Å². The second-order valence-corrected chi connectivity index (χ2v) is 4.96. The Morgan fingerprint density at radius 3 is 2.21 bits per heavy atom. The molecule has 0 atom stereocenters. The predicted octanol–water partition coefficient (Wildman–Crippen LogP) is 3.55. The summed E-state index contributed by atoms with van der Waals surface area (Å²) in [5.41, 5.74) is 0.417. The number of carbonyl (C=O) groups excluding carboxylic acids is 1. The summed E-state index contributed by atoms with van der Waals surface area (Å²) in [6, 6.07) is 10.2. The zero-order valence-corrected chi connectivity index (χ0v) is 12.5. The van der Waals surface area contributed by atoms with E-state index in [4.69, 9.17) is 0 Å². The Labute approximate surface area is 136 Å². The van der Waals surface area contributed by atoms with Crippen molar-refractivity contribution in [1.29, 1.82) is 0 Å². The van der Waals surface area contributed by atoms with Crippen LogP contribution in [-0.2, 0) is 17.4 Å². The van der Waals surface area contributed by atoms with Gasteiger partial charge in [0.2, 0.25) is 0 Å². The molecule has 0 spiro atoms. The Hall–Kier alpha value is -2.81. The number of hydrogen-bond donors (Lipinski definition) is 1. The van der Waals surface area contributed by atoms with Crippen molar-refractivity contribution in [3.8, 4) is 11.8 Å². The van der Waals surface area contributed by atoms with E-state index in [1.807, 2.05) is 0 Å². The molecule has 0 fully saturated rings. The molecule has 1 amide bonds. The lowest BCUT2D eigenvalue weighted by atomic mass is 10.1. The van der Waals surface area contributed by atoms with Gasteiger partial charge in [-0.2, -0.15) is 13.2 Å². The third-order valence-electron chi connectivity index (χ3n) is 3.15. The molecule has 0 saturated heterocycles. The second kappa shape index (κ2) is 7.64. The lowest BCUT2D eigenvalue weighted by molar-refractivity contribution is -0.137. The Morgan fingerprint density at radius 2 is 1.62 bits per heavy atom. The van der Waals surface area contributed by atoms with Crippen LogP contribution >= 0.6 is 0 Å². The van der Waals surface area contributed by atoms with Crippen molar-refractivity contribution in [3.63, 3.8) is 0 Å². The molecular weight excluding hydrogens is 322 g/mol. The number of amides is 1. The minimum atomic E-state index is -4.40. The Balaban J connectivity index is 1.84. The zero-order chi connectivity index (χ0) is 17.6. The normalized spacial score (nSPS) is 10.7. The quantitative estimate of drug-likeness (QED) is 0.674. The van der Waals surface area contributed by atoms with E-state index in [2.05, 4.69) is 17.2 Å². The van der Waals surface area contributed by atoms with Crippen molar-refractivity contribution in [2.75, 3.05) is 6.54 Å². The molecule has 1 N–H and O–H groups in total. The molecule has 0 saturated carbocycles. The van der Waals surface area contributed by atoms with E-state index in [-0.39, 0.29) is 5.82 Å². The third kappa shape index (κ3) is 5.43. The largest absolute Gasteiger partial charge is 0.416 e. The van der Waals surface area contributed by atoms with Gasteiger partial charge < -0.3 is 5.32 Å². The number of nitrogens with one attached hydrogen (secondary N) is 1. The fourth-order valence-corrected chi connectivity index (χ4v) is 1.89. The first-order chi connectivity index (χ1) is 11.3. The molecule has 0 aromatic heterocycles. The van der Waals surface area contributed by atoms with Gasteiger partial charge in [-0.15, -0.1) is 0 Å². The highest BCUT2D eigenvalue weighted by molar-refractivity contribution is 5.94. The summed E-state index contributed by atoms with van der Waals surface area (Å²) in [4.78, 5) is 11.6. The van der Waals surface area contributed by atoms with Gasteiger partial charge in [0.1, 0.15) is 5.82 Å². The van der Waals surface area contributed by atoms with Crippen molar-refractivity contribution in [3.05, 3.63) is 71.0 Å². The number of carbonyl (C=O) groups is 1. The van der Waals surface area contributed by atoms with Crippen LogP contribution < -0.4 is 5.32 Å². The second-order valence-electron chi connectivity index (χ2n) is 4.96. The van der Waals surface area contributed by atoms with Gasteiger partial charge in [0.15, 0.2) is 0 Å². The van der Waals surface area contributed by atoms with Crippen molar-refractivity contribution >= 4 is 5.91 Å². The van der Waals surface area contributed by atoms with E-state index in [1.165, 1.54) is 24.3 Å². The van der Waals surface area contributed by atoms with Gasteiger partial charge >= 0.3 is 6.18 Å². The van der Waals surface area contributed by atoms with Crippen LogP contribution in [0.1, 0.15) is 16.7 Å². The van der Waals surface area contributed by atoms with Crippen LogP contribution in [0.5, 0.6) is 0 Å². The van der Waals surface area contributed by atoms with E-state index in [1.54, 1.807) is 12.1 Å². The lowest BCUT2D eigenvalue weighted by Gasteiger charge is -2.05. The monoisotopic (exact) mass is 335 g/mol. The predicted molar refractivity (Wildman–Crippen MR) is 81.4 cm³/mol. The molecular formula is C18H13F4NO. The minimum Gasteiger partial charge on any atom is -0.345 e. The highest BCUT2D eigenvalue weighted by Crippen LogP contribution is 2.28. The van der Waals surface area contributed by atoms with Crippen molar-refractivity contribution < 1.29 is 22.4 Å². The van der Waals surface area contributed by atoms with E-state index >= 15 is 0 Å². The maximum absolute atomic E-state index is 12.7. The first kappa shape index (κ1) is 17.5. The van der Waals surface area contributed by atoms with E-state index in [0.717, 1.165) is 17.7 Å². The van der Waals surface area contributed by atoms with Crippen LogP contribution in [0.15, 0.2) is 48.5 Å². The molecule has 124 valence electrons. The van der Waals surface area contributed by atoms with Crippen molar-refractivity contribution in [1.82, 2.24) is 5.32 Å². The molecule has 0 aliphatic carbocycles. The molecule has 0 radical (unpaired) electrons. The number of hydrogen-bond acceptors (Lipinski definition) is 1. The van der Waals surface area contributed by atoms with Gasteiger partial charge in [0.25, 0.3) is 5.91 Å². The Bertz CT molecular complexity index is 753. The van der Waals surface area contributed by atoms with Crippen LogP contribution in [-0.4, -0.2) is 12.5 Å². The van der Waals surface area contributed by atoms with E-state index < -0.39 is 17.6 Å². The molecule has 2 aromatic rings. The molecule has 0 bridgehead atoms. The van der Waals surface area contributed by atoms with Crippen LogP contribution in [0.2, 0.25) is 0 Å². The summed E-state index contributed by atoms with van der Waals surface area (Å²) in [5.74, 6) is 3.95. The van der Waals surface area contributed by atoms with Gasteiger partial charge in [-0.3, -0.25) is 4.79 Å². The fraction of sp³-hybridized carbons (Fsp3) is 0.167. The molecule has 6 heteroatoms. The zero-order valence-electron chi connectivity index (χ0n) is 12.5. The topological polar surface area (TPSA) is 29.1 Å². The van der Waals surface area contributed by atoms with Gasteiger partial charge in [-0.05, 0) is 48.4 Å². The average Bonchev–Trinajstić information content (AvgIpc) is 2.54. The number of benzene rings is 2. The molecule has 2 nitrogen and oxygen atoms in total. The molecule has 24 heavy (non-hydrogen) atoms. The number of rotatable bonds is 3. The van der Waals surface area contributed by atoms with Crippen molar-refractivity contribution in [2.24, 2.45) is 0 Å². The molecule has 0 unspecified atom stereocenters. The van der Waals surface area contributed by atoms with Crippen LogP contribution in [0.3, 0.4) is 0 Å². The summed E-state index contributed by atoms with van der Waals surface area (Å²) in [6.07, 6.45) is -3.88. The summed E-state index contributed by atoms with van der Waals surface area (Å²) in [5, 5.41) is 2.57. The van der Waals surface area contributed by atoms with Crippen LogP contribution in [0, 0.1) is 17.7 Å². The summed E-state index contributed by atoms with van der Waals surface area (Å²) >= 11 is 0. The van der Waals surface area contributed by atoms with Gasteiger partial charge in [0, 0.05) is 18.0 Å². The summed E-state index contributed by atoms with van der Waals surface area (Å²) in [6.45, 7) is 0.326. The first-order valence-corrected chi connectivity index (χ1v) is 7.06. The van der Waals surface area contributed by atoms with E-state index in [9.17, 15) is 22.4 Å². The third-order valence-corrected chi connectivity index (χ3v) is 3.15. The first-order valence-electron chi connectivity index (χ1n) is 7.06. The molecule has 0 aliphatic heterocycles. The number of alkyl halides is 3. The number of halogens is 4. The van der Waals surface area contributed by atoms with Crippen LogP contribution in [0.25, 0.3) is 0 Å². The van der Waals surface area contributed by atoms with Crippen molar-refractivity contribution in [2.45, 2.75) is 12.6 Å². The summed E-state index contributed by atoms with van der Waals surface area (Å²) < 4.78 is 50.0. The maximum Gasteiger partial charge on any atom is 0.416 e. The molecule has 0 heterocycles. The lowest BCUT2D eigenvalue weighted by Crippen LogP contribution is -2.24.